The molecule has 76 valence electrons. The van der Waals surface area contributed by atoms with Crippen molar-refractivity contribution in [2.24, 2.45) is 0 Å². The lowest BCUT2D eigenvalue weighted by Crippen LogP contribution is -2.20. The van der Waals surface area contributed by atoms with Gasteiger partial charge in [-0.15, -0.1) is 0 Å². The lowest BCUT2D eigenvalue weighted by molar-refractivity contribution is -0.126. The average Bonchev–Trinajstić information content (AvgIpc) is 2.09. The molecule has 0 aliphatic heterocycles. The monoisotopic (exact) mass is 315 g/mol. The molecule has 6 heteroatoms. The molecule has 2 nitrogen and oxygen atoms in total. The van der Waals surface area contributed by atoms with E-state index in [1.807, 2.05) is 5.32 Å². The summed E-state index contributed by atoms with van der Waals surface area (Å²) in [4.78, 5) is 10.6. The number of hydrogen-bond donors (Lipinski definition) is 1. The van der Waals surface area contributed by atoms with Crippen LogP contribution in [-0.2, 0) is 4.79 Å². The molecule has 0 saturated carbocycles. The van der Waals surface area contributed by atoms with E-state index in [-0.39, 0.29) is 5.69 Å². The third kappa shape index (κ3) is 2.86. The van der Waals surface area contributed by atoms with Crippen LogP contribution >= 0.6 is 22.6 Å². The van der Waals surface area contributed by atoms with Crippen LogP contribution in [-0.4, -0.2) is 12.3 Å². The van der Waals surface area contributed by atoms with Gasteiger partial charge in [0.15, 0.2) is 0 Å². The second-order valence-corrected chi connectivity index (χ2v) is 3.58. The van der Waals surface area contributed by atoms with E-state index in [1.165, 1.54) is 6.07 Å². The van der Waals surface area contributed by atoms with Crippen LogP contribution in [0.25, 0.3) is 0 Å². The number of anilines is 1. The van der Waals surface area contributed by atoms with Crippen LogP contribution in [0.4, 0.5) is 18.9 Å². The Labute approximate surface area is 91.6 Å². The molecule has 0 atom stereocenters. The standard InChI is InChI=1S/C8H5F3INO/c9-4-1-2-6(5(12)3-4)13-8(14)7(10)11/h1-3,7H,(H,13,14). The largest absolute Gasteiger partial charge is 0.320 e. The fourth-order valence-electron chi connectivity index (χ4n) is 0.778. The van der Waals surface area contributed by atoms with E-state index < -0.39 is 18.1 Å². The molecule has 0 radical (unpaired) electrons. The van der Waals surface area contributed by atoms with Crippen LogP contribution in [0.5, 0.6) is 0 Å². The first-order valence-electron chi connectivity index (χ1n) is 3.55. The summed E-state index contributed by atoms with van der Waals surface area (Å²) in [5, 5.41) is 1.97. The molecule has 1 amide bonds. The Bertz CT molecular complexity index is 356. The van der Waals surface area contributed by atoms with Gasteiger partial charge in [-0.05, 0) is 40.8 Å². The SMILES string of the molecule is O=C(Nc1ccc(F)cc1I)C(F)F. The van der Waals surface area contributed by atoms with Gasteiger partial charge >= 0.3 is 6.43 Å². The summed E-state index contributed by atoms with van der Waals surface area (Å²) in [5.41, 5.74) is 0.178. The number of halogens is 4. The summed E-state index contributed by atoms with van der Waals surface area (Å²) in [6, 6.07) is 3.46. The Balaban J connectivity index is 2.82. The molecule has 1 aromatic rings. The van der Waals surface area contributed by atoms with Crippen LogP contribution in [0, 0.1) is 9.39 Å². The van der Waals surface area contributed by atoms with Gasteiger partial charge in [0, 0.05) is 3.57 Å². The van der Waals surface area contributed by atoms with Crippen LogP contribution in [0.2, 0.25) is 0 Å². The van der Waals surface area contributed by atoms with Crippen LogP contribution < -0.4 is 5.32 Å². The fourth-order valence-corrected chi connectivity index (χ4v) is 1.39. The third-order valence-electron chi connectivity index (χ3n) is 1.39. The number of hydrogen-bond acceptors (Lipinski definition) is 1. The van der Waals surface area contributed by atoms with E-state index >= 15 is 0 Å². The van der Waals surface area contributed by atoms with Crippen LogP contribution in [0.15, 0.2) is 18.2 Å². The Hall–Kier alpha value is -0.790. The van der Waals surface area contributed by atoms with Crippen molar-refractivity contribution in [3.05, 3.63) is 27.6 Å². The van der Waals surface area contributed by atoms with Crippen molar-refractivity contribution in [1.82, 2.24) is 0 Å². The average molecular weight is 315 g/mol. The Morgan fingerprint density at radius 3 is 2.57 bits per heavy atom. The lowest BCUT2D eigenvalue weighted by atomic mass is 10.3. The summed E-state index contributed by atoms with van der Waals surface area (Å²) in [7, 11) is 0. The van der Waals surface area contributed by atoms with Crippen molar-refractivity contribution in [1.29, 1.82) is 0 Å². The van der Waals surface area contributed by atoms with Gasteiger partial charge in [0.1, 0.15) is 5.82 Å². The topological polar surface area (TPSA) is 29.1 Å². The van der Waals surface area contributed by atoms with Gasteiger partial charge in [0.25, 0.3) is 5.91 Å². The normalized spacial score (nSPS) is 10.4. The molecular formula is C8H5F3INO. The van der Waals surface area contributed by atoms with E-state index in [0.29, 0.717) is 3.57 Å². The molecule has 1 rings (SSSR count). The number of alkyl halides is 2. The predicted octanol–water partition coefficient (Wildman–Crippen LogP) is 2.63. The smallest absolute Gasteiger partial charge is 0.315 e. The molecule has 1 N–H and O–H groups in total. The van der Waals surface area contributed by atoms with Crippen LogP contribution in [0.3, 0.4) is 0 Å². The summed E-state index contributed by atoms with van der Waals surface area (Å²) >= 11 is 1.74. The molecule has 14 heavy (non-hydrogen) atoms. The van der Waals surface area contributed by atoms with Crippen LogP contribution in [0.1, 0.15) is 0 Å². The number of rotatable bonds is 2. The van der Waals surface area contributed by atoms with Crippen molar-refractivity contribution in [2.45, 2.75) is 6.43 Å². The van der Waals surface area contributed by atoms with Crippen molar-refractivity contribution < 1.29 is 18.0 Å². The quantitative estimate of drug-likeness (QED) is 0.835. The summed E-state index contributed by atoms with van der Waals surface area (Å²) in [6.45, 7) is 0. The number of carbonyl (C=O) groups excluding carboxylic acids is 1. The minimum atomic E-state index is -3.07. The Morgan fingerprint density at radius 2 is 2.07 bits per heavy atom. The van der Waals surface area contributed by atoms with Gasteiger partial charge in [0.05, 0.1) is 5.69 Å². The number of carbonyl (C=O) groups is 1. The number of nitrogens with one attached hydrogen (secondary N) is 1. The first kappa shape index (κ1) is 11.3. The molecule has 0 bridgehead atoms. The molecule has 0 unspecified atom stereocenters. The highest BCUT2D eigenvalue weighted by Crippen LogP contribution is 2.19. The molecule has 0 fully saturated rings. The van der Waals surface area contributed by atoms with Crippen molar-refractivity contribution >= 4 is 34.2 Å². The second kappa shape index (κ2) is 4.63. The van der Waals surface area contributed by atoms with Gasteiger partial charge in [-0.1, -0.05) is 0 Å². The van der Waals surface area contributed by atoms with Gasteiger partial charge < -0.3 is 5.32 Å². The Kier molecular flexibility index (Phi) is 3.73. The van der Waals surface area contributed by atoms with Crippen molar-refractivity contribution in [3.63, 3.8) is 0 Å². The summed E-state index contributed by atoms with van der Waals surface area (Å²) in [6.07, 6.45) is -3.07. The first-order valence-corrected chi connectivity index (χ1v) is 4.62. The lowest BCUT2D eigenvalue weighted by Gasteiger charge is -2.06. The minimum Gasteiger partial charge on any atom is -0.320 e. The zero-order chi connectivity index (χ0) is 10.7. The number of amides is 1. The van der Waals surface area contributed by atoms with Gasteiger partial charge in [-0.2, -0.15) is 8.78 Å². The molecule has 1 aromatic carbocycles. The summed E-state index contributed by atoms with van der Waals surface area (Å²) in [5.74, 6) is -1.88. The van der Waals surface area contributed by atoms with Gasteiger partial charge in [-0.3, -0.25) is 4.79 Å². The van der Waals surface area contributed by atoms with Gasteiger partial charge in [0.2, 0.25) is 0 Å². The van der Waals surface area contributed by atoms with E-state index in [2.05, 4.69) is 0 Å². The summed E-state index contributed by atoms with van der Waals surface area (Å²) < 4.78 is 36.6. The third-order valence-corrected chi connectivity index (χ3v) is 2.28. The fraction of sp³-hybridized carbons (Fsp3) is 0.125. The van der Waals surface area contributed by atoms with E-state index in [0.717, 1.165) is 12.1 Å². The highest BCUT2D eigenvalue weighted by atomic mass is 127. The molecule has 0 spiro atoms. The number of benzene rings is 1. The second-order valence-electron chi connectivity index (χ2n) is 2.41. The zero-order valence-electron chi connectivity index (χ0n) is 6.73. The maximum absolute atomic E-state index is 12.6. The molecule has 0 aromatic heterocycles. The highest BCUT2D eigenvalue weighted by Gasteiger charge is 2.16. The van der Waals surface area contributed by atoms with Gasteiger partial charge in [-0.25, -0.2) is 4.39 Å². The minimum absolute atomic E-state index is 0.178. The Morgan fingerprint density at radius 1 is 1.43 bits per heavy atom. The molecule has 0 aliphatic carbocycles. The van der Waals surface area contributed by atoms with E-state index in [9.17, 15) is 18.0 Å². The maximum atomic E-state index is 12.6. The molecular weight excluding hydrogens is 310 g/mol. The molecule has 0 saturated heterocycles. The highest BCUT2D eigenvalue weighted by molar-refractivity contribution is 14.1. The molecule has 0 aliphatic rings. The van der Waals surface area contributed by atoms with E-state index in [1.54, 1.807) is 22.6 Å². The first-order chi connectivity index (χ1) is 6.50. The zero-order valence-corrected chi connectivity index (χ0v) is 8.89. The van der Waals surface area contributed by atoms with E-state index in [4.69, 9.17) is 0 Å². The van der Waals surface area contributed by atoms with Crippen molar-refractivity contribution in [2.75, 3.05) is 5.32 Å². The predicted molar refractivity (Wildman–Crippen MR) is 53.8 cm³/mol. The van der Waals surface area contributed by atoms with Crippen molar-refractivity contribution in [3.8, 4) is 0 Å². The molecule has 0 heterocycles. The maximum Gasteiger partial charge on any atom is 0.315 e.